The molecule has 0 saturated carbocycles. The van der Waals surface area contributed by atoms with Gasteiger partial charge in [0, 0.05) is 18.1 Å². The van der Waals surface area contributed by atoms with Crippen molar-refractivity contribution in [3.63, 3.8) is 0 Å². The molecule has 3 rings (SSSR count). The molecule has 0 radical (unpaired) electrons. The van der Waals surface area contributed by atoms with Crippen LogP contribution in [0, 0.1) is 19.8 Å². The first-order valence-electron chi connectivity index (χ1n) is 12.6. The SMILES string of the molecule is COc1cccc(Oc2ccc(CCCC=O)c(C(=O)N[C@H](CC(C)C)c3cc(C)cc(C)c3)c2)c1. The minimum absolute atomic E-state index is 0.109. The lowest BCUT2D eigenvalue weighted by Gasteiger charge is -2.23. The Labute approximate surface area is 214 Å². The maximum Gasteiger partial charge on any atom is 0.252 e. The largest absolute Gasteiger partial charge is 0.497 e. The van der Waals surface area contributed by atoms with E-state index in [1.807, 2.05) is 30.3 Å². The fourth-order valence-corrected chi connectivity index (χ4v) is 4.42. The van der Waals surface area contributed by atoms with Crippen molar-refractivity contribution in [1.82, 2.24) is 5.32 Å². The predicted molar refractivity (Wildman–Crippen MR) is 144 cm³/mol. The molecule has 36 heavy (non-hydrogen) atoms. The Balaban J connectivity index is 1.92. The molecule has 0 unspecified atom stereocenters. The summed E-state index contributed by atoms with van der Waals surface area (Å²) in [6.45, 7) is 8.48. The van der Waals surface area contributed by atoms with Gasteiger partial charge in [-0.2, -0.15) is 0 Å². The zero-order chi connectivity index (χ0) is 26.1. The Kier molecular flexibility index (Phi) is 9.69. The molecule has 0 heterocycles. The number of rotatable bonds is 12. The van der Waals surface area contributed by atoms with Crippen molar-refractivity contribution in [2.24, 2.45) is 5.92 Å². The number of amides is 1. The Bertz CT molecular complexity index is 1160. The van der Waals surface area contributed by atoms with Gasteiger partial charge in [0.25, 0.3) is 5.91 Å². The second-order valence-corrected chi connectivity index (χ2v) is 9.74. The third kappa shape index (κ3) is 7.70. The topological polar surface area (TPSA) is 64.6 Å². The number of methoxy groups -OCH3 is 1. The molecule has 0 aliphatic carbocycles. The molecular formula is C31H37NO4. The van der Waals surface area contributed by atoms with E-state index in [-0.39, 0.29) is 11.9 Å². The normalized spacial score (nSPS) is 11.7. The van der Waals surface area contributed by atoms with Crippen LogP contribution in [0.4, 0.5) is 0 Å². The van der Waals surface area contributed by atoms with E-state index >= 15 is 0 Å². The maximum absolute atomic E-state index is 13.7. The highest BCUT2D eigenvalue weighted by atomic mass is 16.5. The Morgan fingerprint density at radius 3 is 2.31 bits per heavy atom. The van der Waals surface area contributed by atoms with Crippen molar-refractivity contribution in [3.8, 4) is 17.2 Å². The lowest BCUT2D eigenvalue weighted by Crippen LogP contribution is -2.30. The zero-order valence-electron chi connectivity index (χ0n) is 22.0. The number of benzene rings is 3. The number of hydrogen-bond donors (Lipinski definition) is 1. The minimum Gasteiger partial charge on any atom is -0.497 e. The Morgan fingerprint density at radius 1 is 0.944 bits per heavy atom. The fraction of sp³-hybridized carbons (Fsp3) is 0.355. The van der Waals surface area contributed by atoms with Crippen LogP contribution in [0.2, 0.25) is 0 Å². The predicted octanol–water partition coefficient (Wildman–Crippen LogP) is 7.14. The van der Waals surface area contributed by atoms with Crippen molar-refractivity contribution in [3.05, 3.63) is 88.5 Å². The number of carbonyl (C=O) groups excluding carboxylic acids is 2. The van der Waals surface area contributed by atoms with Gasteiger partial charge < -0.3 is 19.6 Å². The second-order valence-electron chi connectivity index (χ2n) is 9.74. The molecule has 0 aliphatic rings. The molecule has 0 fully saturated rings. The van der Waals surface area contributed by atoms with E-state index in [0.717, 1.165) is 23.8 Å². The van der Waals surface area contributed by atoms with E-state index in [1.165, 1.54) is 11.1 Å². The highest BCUT2D eigenvalue weighted by Crippen LogP contribution is 2.29. The number of carbonyl (C=O) groups is 2. The zero-order valence-corrected chi connectivity index (χ0v) is 22.0. The smallest absolute Gasteiger partial charge is 0.252 e. The van der Waals surface area contributed by atoms with Gasteiger partial charge in [-0.3, -0.25) is 4.79 Å². The number of unbranched alkanes of at least 4 members (excludes halogenated alkanes) is 1. The van der Waals surface area contributed by atoms with Crippen LogP contribution in [0.15, 0.2) is 60.7 Å². The number of nitrogens with one attached hydrogen (secondary N) is 1. The van der Waals surface area contributed by atoms with Gasteiger partial charge in [-0.25, -0.2) is 0 Å². The van der Waals surface area contributed by atoms with Crippen LogP contribution in [0.25, 0.3) is 0 Å². The molecule has 3 aromatic rings. The van der Waals surface area contributed by atoms with Crippen molar-refractivity contribution < 1.29 is 19.1 Å². The number of hydrogen-bond acceptors (Lipinski definition) is 4. The van der Waals surface area contributed by atoms with Crippen molar-refractivity contribution in [2.75, 3.05) is 7.11 Å². The summed E-state index contributed by atoms with van der Waals surface area (Å²) in [6, 6.07) is 19.3. The second kappa shape index (κ2) is 12.9. The molecule has 3 aromatic carbocycles. The van der Waals surface area contributed by atoms with Gasteiger partial charge in [0.05, 0.1) is 13.2 Å². The quantitative estimate of drug-likeness (QED) is 0.218. The molecule has 0 aromatic heterocycles. The summed E-state index contributed by atoms with van der Waals surface area (Å²) < 4.78 is 11.4. The van der Waals surface area contributed by atoms with Crippen LogP contribution in [-0.2, 0) is 11.2 Å². The monoisotopic (exact) mass is 487 g/mol. The van der Waals surface area contributed by atoms with Crippen molar-refractivity contribution in [2.45, 2.75) is 59.4 Å². The number of aldehydes is 1. The van der Waals surface area contributed by atoms with Gasteiger partial charge in [-0.15, -0.1) is 0 Å². The molecule has 0 aliphatic heterocycles. The number of ether oxygens (including phenoxy) is 2. The van der Waals surface area contributed by atoms with Gasteiger partial charge >= 0.3 is 0 Å². The number of aryl methyl sites for hydroxylation is 3. The molecule has 190 valence electrons. The van der Waals surface area contributed by atoms with E-state index in [0.29, 0.717) is 48.0 Å². The van der Waals surface area contributed by atoms with Crippen molar-refractivity contribution >= 4 is 12.2 Å². The molecule has 0 spiro atoms. The highest BCUT2D eigenvalue weighted by Gasteiger charge is 2.20. The van der Waals surface area contributed by atoms with Crippen molar-refractivity contribution in [1.29, 1.82) is 0 Å². The van der Waals surface area contributed by atoms with E-state index in [4.69, 9.17) is 9.47 Å². The van der Waals surface area contributed by atoms with Gasteiger partial charge in [0.1, 0.15) is 23.5 Å². The average molecular weight is 488 g/mol. The Hall–Kier alpha value is -3.60. The lowest BCUT2D eigenvalue weighted by molar-refractivity contribution is -0.107. The van der Waals surface area contributed by atoms with Crippen LogP contribution < -0.4 is 14.8 Å². The van der Waals surface area contributed by atoms with Crippen LogP contribution >= 0.6 is 0 Å². The van der Waals surface area contributed by atoms with E-state index in [2.05, 4.69) is 51.2 Å². The molecular weight excluding hydrogens is 450 g/mol. The average Bonchev–Trinajstić information content (AvgIpc) is 2.83. The summed E-state index contributed by atoms with van der Waals surface area (Å²) in [4.78, 5) is 24.6. The first-order chi connectivity index (χ1) is 17.3. The van der Waals surface area contributed by atoms with Gasteiger partial charge in [-0.05, 0) is 74.4 Å². The molecule has 1 N–H and O–H groups in total. The minimum atomic E-state index is -0.142. The first kappa shape index (κ1) is 27.0. The van der Waals surface area contributed by atoms with E-state index in [9.17, 15) is 9.59 Å². The third-order valence-corrected chi connectivity index (χ3v) is 6.03. The summed E-state index contributed by atoms with van der Waals surface area (Å²) in [7, 11) is 1.61. The first-order valence-corrected chi connectivity index (χ1v) is 12.6. The summed E-state index contributed by atoms with van der Waals surface area (Å²) in [5.41, 5.74) is 4.93. The molecule has 1 amide bonds. The highest BCUT2D eigenvalue weighted by molar-refractivity contribution is 5.96. The summed E-state index contributed by atoms with van der Waals surface area (Å²) in [5, 5.41) is 3.29. The van der Waals surface area contributed by atoms with Gasteiger partial charge in [-0.1, -0.05) is 55.3 Å². The standard InChI is InChI=1S/C31H37NO4/c1-21(2)15-30(25-17-22(3)16-23(4)18-25)32-31(34)29-20-28(13-12-24(29)9-6-7-14-33)36-27-11-8-10-26(19-27)35-5/h8,10-14,16-21,30H,6-7,9,15H2,1-5H3,(H,32,34)/t30-/m1/s1. The van der Waals surface area contributed by atoms with Gasteiger partial charge in [0.15, 0.2) is 0 Å². The third-order valence-electron chi connectivity index (χ3n) is 6.03. The van der Waals surface area contributed by atoms with E-state index < -0.39 is 0 Å². The van der Waals surface area contributed by atoms with Gasteiger partial charge in [0.2, 0.25) is 0 Å². The Morgan fingerprint density at radius 2 is 1.64 bits per heavy atom. The van der Waals surface area contributed by atoms with Crippen LogP contribution in [0.1, 0.15) is 71.8 Å². The molecule has 0 bridgehead atoms. The van der Waals surface area contributed by atoms with Crippen LogP contribution in [0.5, 0.6) is 17.2 Å². The maximum atomic E-state index is 13.7. The molecule has 0 saturated heterocycles. The van der Waals surface area contributed by atoms with Crippen LogP contribution in [0.3, 0.4) is 0 Å². The summed E-state index contributed by atoms with van der Waals surface area (Å²) in [5.74, 6) is 2.16. The molecule has 1 atom stereocenters. The summed E-state index contributed by atoms with van der Waals surface area (Å²) in [6.07, 6.45) is 3.53. The summed E-state index contributed by atoms with van der Waals surface area (Å²) >= 11 is 0. The lowest BCUT2D eigenvalue weighted by atomic mass is 9.93. The van der Waals surface area contributed by atoms with Crippen LogP contribution in [-0.4, -0.2) is 19.3 Å². The molecule has 5 nitrogen and oxygen atoms in total. The van der Waals surface area contributed by atoms with E-state index in [1.54, 1.807) is 19.2 Å². The molecule has 5 heteroatoms. The fourth-order valence-electron chi connectivity index (χ4n) is 4.42.